The molecule has 1 heterocycles. The Hall–Kier alpha value is -2.82. The minimum absolute atomic E-state index is 0.504. The second-order valence-corrected chi connectivity index (χ2v) is 4.30. The van der Waals surface area contributed by atoms with Crippen molar-refractivity contribution >= 4 is 5.82 Å². The topological polar surface area (TPSA) is 66.0 Å². The monoisotopic (exact) mass is 266 g/mol. The van der Waals surface area contributed by atoms with E-state index in [4.69, 9.17) is 10.5 Å². The minimum Gasteiger partial charge on any atom is -0.497 e. The summed E-state index contributed by atoms with van der Waals surface area (Å²) >= 11 is 0. The van der Waals surface area contributed by atoms with Gasteiger partial charge in [0.2, 0.25) is 0 Å². The van der Waals surface area contributed by atoms with Crippen LogP contribution in [0.25, 0.3) is 16.9 Å². The normalized spacial score (nSPS) is 10.4. The van der Waals surface area contributed by atoms with Gasteiger partial charge in [-0.25, -0.2) is 0 Å². The molecule has 0 fully saturated rings. The number of benzene rings is 2. The van der Waals surface area contributed by atoms with Crippen LogP contribution in [0.4, 0.5) is 5.82 Å². The van der Waals surface area contributed by atoms with Gasteiger partial charge in [-0.2, -0.15) is 4.68 Å². The number of rotatable bonds is 3. The molecule has 1 aromatic heterocycles. The van der Waals surface area contributed by atoms with Crippen molar-refractivity contribution < 1.29 is 4.74 Å². The van der Waals surface area contributed by atoms with E-state index in [0.29, 0.717) is 11.5 Å². The highest BCUT2D eigenvalue weighted by molar-refractivity contribution is 5.70. The van der Waals surface area contributed by atoms with Crippen LogP contribution in [-0.4, -0.2) is 22.1 Å². The molecule has 2 aromatic carbocycles. The largest absolute Gasteiger partial charge is 0.497 e. The summed E-state index contributed by atoms with van der Waals surface area (Å²) in [5.41, 5.74) is 8.59. The molecule has 0 atom stereocenters. The van der Waals surface area contributed by atoms with Crippen molar-refractivity contribution in [2.75, 3.05) is 12.8 Å². The first-order valence-electron chi connectivity index (χ1n) is 6.20. The SMILES string of the molecule is COc1cccc(-n2nnc(-c3ccccc3)c2N)c1. The van der Waals surface area contributed by atoms with E-state index >= 15 is 0 Å². The third-order valence-corrected chi connectivity index (χ3v) is 3.05. The molecule has 0 amide bonds. The van der Waals surface area contributed by atoms with Crippen LogP contribution in [0, 0.1) is 0 Å². The van der Waals surface area contributed by atoms with Crippen molar-refractivity contribution in [2.24, 2.45) is 0 Å². The smallest absolute Gasteiger partial charge is 0.155 e. The van der Waals surface area contributed by atoms with Crippen LogP contribution in [0.1, 0.15) is 0 Å². The third kappa shape index (κ3) is 2.09. The lowest BCUT2D eigenvalue weighted by molar-refractivity contribution is 0.414. The molecule has 0 aliphatic rings. The van der Waals surface area contributed by atoms with Gasteiger partial charge < -0.3 is 10.5 Å². The average Bonchev–Trinajstić information content (AvgIpc) is 2.90. The Kier molecular flexibility index (Phi) is 3.09. The van der Waals surface area contributed by atoms with Crippen LogP contribution >= 0.6 is 0 Å². The molecule has 0 aliphatic heterocycles. The second-order valence-electron chi connectivity index (χ2n) is 4.30. The van der Waals surface area contributed by atoms with E-state index in [1.54, 1.807) is 11.8 Å². The van der Waals surface area contributed by atoms with Gasteiger partial charge in [0, 0.05) is 11.6 Å². The number of aromatic nitrogens is 3. The predicted octanol–water partition coefficient (Wildman–Crippen LogP) is 2.53. The van der Waals surface area contributed by atoms with E-state index in [2.05, 4.69) is 10.3 Å². The molecule has 20 heavy (non-hydrogen) atoms. The van der Waals surface area contributed by atoms with Crippen molar-refractivity contribution in [3.63, 3.8) is 0 Å². The van der Waals surface area contributed by atoms with Gasteiger partial charge in [0.15, 0.2) is 5.82 Å². The second kappa shape index (κ2) is 5.05. The molecule has 0 saturated carbocycles. The maximum atomic E-state index is 6.16. The van der Waals surface area contributed by atoms with Gasteiger partial charge in [0.05, 0.1) is 12.8 Å². The molecule has 0 unspecified atom stereocenters. The zero-order valence-corrected chi connectivity index (χ0v) is 11.0. The van der Waals surface area contributed by atoms with E-state index in [1.165, 1.54) is 0 Å². The summed E-state index contributed by atoms with van der Waals surface area (Å²) in [5.74, 6) is 1.25. The Bertz CT molecular complexity index is 722. The van der Waals surface area contributed by atoms with Crippen molar-refractivity contribution in [2.45, 2.75) is 0 Å². The van der Waals surface area contributed by atoms with Crippen LogP contribution in [0.3, 0.4) is 0 Å². The van der Waals surface area contributed by atoms with Crippen LogP contribution in [0.15, 0.2) is 54.6 Å². The number of nitrogens with two attached hydrogens (primary N) is 1. The van der Waals surface area contributed by atoms with Gasteiger partial charge in [-0.1, -0.05) is 41.6 Å². The number of nitrogens with zero attached hydrogens (tertiary/aromatic N) is 3. The molecular formula is C15H14N4O. The summed E-state index contributed by atoms with van der Waals surface area (Å²) in [7, 11) is 1.62. The molecule has 5 nitrogen and oxygen atoms in total. The fourth-order valence-electron chi connectivity index (χ4n) is 2.02. The molecule has 100 valence electrons. The summed E-state index contributed by atoms with van der Waals surface area (Å²) in [6.45, 7) is 0. The Morgan fingerprint density at radius 3 is 2.60 bits per heavy atom. The average molecular weight is 266 g/mol. The summed E-state index contributed by atoms with van der Waals surface area (Å²) < 4.78 is 6.81. The quantitative estimate of drug-likeness (QED) is 0.791. The number of hydrogen-bond donors (Lipinski definition) is 1. The number of hydrogen-bond acceptors (Lipinski definition) is 4. The molecule has 0 radical (unpaired) electrons. The number of anilines is 1. The van der Waals surface area contributed by atoms with Gasteiger partial charge in [0.1, 0.15) is 11.4 Å². The van der Waals surface area contributed by atoms with E-state index in [1.807, 2.05) is 54.6 Å². The minimum atomic E-state index is 0.504. The molecule has 0 bridgehead atoms. The Labute approximate surface area is 116 Å². The first kappa shape index (κ1) is 12.2. The maximum absolute atomic E-state index is 6.16. The molecule has 5 heteroatoms. The van der Waals surface area contributed by atoms with Gasteiger partial charge >= 0.3 is 0 Å². The van der Waals surface area contributed by atoms with E-state index in [9.17, 15) is 0 Å². The highest BCUT2D eigenvalue weighted by atomic mass is 16.5. The van der Waals surface area contributed by atoms with Crippen LogP contribution in [-0.2, 0) is 0 Å². The van der Waals surface area contributed by atoms with E-state index in [-0.39, 0.29) is 0 Å². The van der Waals surface area contributed by atoms with E-state index < -0.39 is 0 Å². The summed E-state index contributed by atoms with van der Waals surface area (Å²) in [4.78, 5) is 0. The molecule has 0 spiro atoms. The lowest BCUT2D eigenvalue weighted by Gasteiger charge is -2.05. The molecule has 3 rings (SSSR count). The molecule has 0 saturated heterocycles. The molecule has 3 aromatic rings. The van der Waals surface area contributed by atoms with Crippen molar-refractivity contribution in [1.82, 2.24) is 15.0 Å². The first-order valence-corrected chi connectivity index (χ1v) is 6.20. The predicted molar refractivity (Wildman–Crippen MR) is 77.8 cm³/mol. The molecule has 0 aliphatic carbocycles. The number of methoxy groups -OCH3 is 1. The van der Waals surface area contributed by atoms with Crippen molar-refractivity contribution in [1.29, 1.82) is 0 Å². The fraction of sp³-hybridized carbons (Fsp3) is 0.0667. The summed E-state index contributed by atoms with van der Waals surface area (Å²) in [6.07, 6.45) is 0. The highest BCUT2D eigenvalue weighted by Crippen LogP contribution is 2.26. The van der Waals surface area contributed by atoms with Crippen molar-refractivity contribution in [3.8, 4) is 22.7 Å². The lowest BCUT2D eigenvalue weighted by Crippen LogP contribution is -2.02. The Morgan fingerprint density at radius 2 is 1.85 bits per heavy atom. The first-order chi connectivity index (χ1) is 9.79. The zero-order chi connectivity index (χ0) is 13.9. The van der Waals surface area contributed by atoms with Crippen LogP contribution in [0.2, 0.25) is 0 Å². The fourth-order valence-corrected chi connectivity index (χ4v) is 2.02. The van der Waals surface area contributed by atoms with E-state index in [0.717, 1.165) is 17.0 Å². The van der Waals surface area contributed by atoms with Crippen molar-refractivity contribution in [3.05, 3.63) is 54.6 Å². The van der Waals surface area contributed by atoms with Crippen LogP contribution in [0.5, 0.6) is 5.75 Å². The number of nitrogen functional groups attached to an aromatic ring is 1. The summed E-state index contributed by atoms with van der Waals surface area (Å²) in [5, 5.41) is 8.29. The van der Waals surface area contributed by atoms with Gasteiger partial charge in [-0.15, -0.1) is 5.10 Å². The Morgan fingerprint density at radius 1 is 1.05 bits per heavy atom. The highest BCUT2D eigenvalue weighted by Gasteiger charge is 2.12. The standard InChI is InChI=1S/C15H14N4O/c1-20-13-9-5-8-12(10-13)19-15(16)14(17-18-19)11-6-3-2-4-7-11/h2-10H,16H2,1H3. The molecular weight excluding hydrogens is 252 g/mol. The van der Waals surface area contributed by atoms with Gasteiger partial charge in [0.25, 0.3) is 0 Å². The summed E-state index contributed by atoms with van der Waals surface area (Å²) in [6, 6.07) is 17.3. The third-order valence-electron chi connectivity index (χ3n) is 3.05. The van der Waals surface area contributed by atoms with Gasteiger partial charge in [-0.05, 0) is 12.1 Å². The molecule has 2 N–H and O–H groups in total. The van der Waals surface area contributed by atoms with Crippen LogP contribution < -0.4 is 10.5 Å². The Balaban J connectivity index is 2.06. The maximum Gasteiger partial charge on any atom is 0.155 e. The van der Waals surface area contributed by atoms with Gasteiger partial charge in [-0.3, -0.25) is 0 Å². The number of ether oxygens (including phenoxy) is 1. The lowest BCUT2D eigenvalue weighted by atomic mass is 10.1. The zero-order valence-electron chi connectivity index (χ0n) is 11.0.